The van der Waals surface area contributed by atoms with E-state index in [0.717, 1.165) is 10.5 Å². The molecular formula is C18H15N3O3S2. The normalized spacial score (nSPS) is 10.5. The predicted molar refractivity (Wildman–Crippen MR) is 105 cm³/mol. The summed E-state index contributed by atoms with van der Waals surface area (Å²) in [6.07, 6.45) is 0.395. The van der Waals surface area contributed by atoms with E-state index in [1.165, 1.54) is 23.5 Å². The van der Waals surface area contributed by atoms with E-state index in [-0.39, 0.29) is 11.6 Å². The molecule has 0 aliphatic carbocycles. The topological polar surface area (TPSA) is 85.1 Å². The van der Waals surface area contributed by atoms with E-state index in [0.29, 0.717) is 23.0 Å². The highest BCUT2D eigenvalue weighted by molar-refractivity contribution is 7.99. The molecule has 132 valence electrons. The molecule has 0 atom stereocenters. The van der Waals surface area contributed by atoms with Gasteiger partial charge in [0.15, 0.2) is 5.13 Å². The molecule has 1 amide bonds. The number of nitrogens with one attached hydrogen (secondary N) is 1. The second-order valence-corrected chi connectivity index (χ2v) is 7.33. The van der Waals surface area contributed by atoms with E-state index < -0.39 is 4.92 Å². The number of non-ortho nitro benzene ring substituents is 1. The zero-order valence-electron chi connectivity index (χ0n) is 13.6. The summed E-state index contributed by atoms with van der Waals surface area (Å²) in [5, 5.41) is 15.8. The molecular weight excluding hydrogens is 370 g/mol. The summed E-state index contributed by atoms with van der Waals surface area (Å²) in [7, 11) is 0. The van der Waals surface area contributed by atoms with Crippen molar-refractivity contribution in [2.75, 3.05) is 11.1 Å². The van der Waals surface area contributed by atoms with Crippen molar-refractivity contribution in [3.63, 3.8) is 0 Å². The molecule has 0 fully saturated rings. The molecule has 2 aromatic carbocycles. The molecule has 8 heteroatoms. The van der Waals surface area contributed by atoms with Gasteiger partial charge in [0.2, 0.25) is 5.91 Å². The third-order valence-electron chi connectivity index (χ3n) is 3.47. The second kappa shape index (κ2) is 8.59. The third-order valence-corrected chi connectivity index (χ3v) is 5.24. The Balaban J connectivity index is 1.52. The van der Waals surface area contributed by atoms with E-state index >= 15 is 0 Å². The number of aromatic nitrogens is 1. The van der Waals surface area contributed by atoms with Gasteiger partial charge in [-0.3, -0.25) is 14.9 Å². The summed E-state index contributed by atoms with van der Waals surface area (Å²) in [6.45, 7) is 0. The Morgan fingerprint density at radius 1 is 1.15 bits per heavy atom. The number of nitro groups is 1. The number of thiazole rings is 1. The Hall–Kier alpha value is -2.71. The Morgan fingerprint density at radius 3 is 2.58 bits per heavy atom. The van der Waals surface area contributed by atoms with Gasteiger partial charge in [0.1, 0.15) is 0 Å². The van der Waals surface area contributed by atoms with Gasteiger partial charge < -0.3 is 5.32 Å². The minimum Gasteiger partial charge on any atom is -0.302 e. The molecule has 0 saturated carbocycles. The standard InChI is InChI=1S/C18H15N3O3S2/c22-17(10-11-25-15-4-2-1-3-5-15)20-18-19-16(12-26-18)13-6-8-14(9-7-13)21(23)24/h1-9,12H,10-11H2,(H,19,20,22). The summed E-state index contributed by atoms with van der Waals surface area (Å²) >= 11 is 2.96. The molecule has 3 rings (SSSR count). The van der Waals surface area contributed by atoms with Crippen LogP contribution in [0.1, 0.15) is 6.42 Å². The maximum Gasteiger partial charge on any atom is 0.269 e. The van der Waals surface area contributed by atoms with Crippen LogP contribution in [0, 0.1) is 10.1 Å². The zero-order chi connectivity index (χ0) is 18.4. The molecule has 0 aliphatic rings. The Morgan fingerprint density at radius 2 is 1.88 bits per heavy atom. The van der Waals surface area contributed by atoms with Crippen LogP contribution in [0.25, 0.3) is 11.3 Å². The third kappa shape index (κ3) is 4.90. The molecule has 1 heterocycles. The number of hydrogen-bond acceptors (Lipinski definition) is 6. The van der Waals surface area contributed by atoms with E-state index in [9.17, 15) is 14.9 Å². The summed E-state index contributed by atoms with van der Waals surface area (Å²) < 4.78 is 0. The van der Waals surface area contributed by atoms with Crippen molar-refractivity contribution in [2.24, 2.45) is 0 Å². The van der Waals surface area contributed by atoms with Crippen LogP contribution in [0.15, 0.2) is 64.9 Å². The van der Waals surface area contributed by atoms with Gasteiger partial charge in [0.05, 0.1) is 10.6 Å². The molecule has 0 saturated heterocycles. The van der Waals surface area contributed by atoms with Crippen molar-refractivity contribution < 1.29 is 9.72 Å². The molecule has 0 aliphatic heterocycles. The number of hydrogen-bond donors (Lipinski definition) is 1. The number of rotatable bonds is 7. The minimum absolute atomic E-state index is 0.0356. The first-order valence-corrected chi connectivity index (χ1v) is 9.66. The van der Waals surface area contributed by atoms with Crippen molar-refractivity contribution in [3.8, 4) is 11.3 Å². The summed E-state index contributed by atoms with van der Waals surface area (Å²) in [5.41, 5.74) is 1.49. The van der Waals surface area contributed by atoms with Crippen molar-refractivity contribution in [3.05, 3.63) is 70.1 Å². The van der Waals surface area contributed by atoms with Crippen molar-refractivity contribution in [1.82, 2.24) is 4.98 Å². The largest absolute Gasteiger partial charge is 0.302 e. The fraction of sp³-hybridized carbons (Fsp3) is 0.111. The molecule has 26 heavy (non-hydrogen) atoms. The van der Waals surface area contributed by atoms with Crippen molar-refractivity contribution in [1.29, 1.82) is 0 Å². The number of thioether (sulfide) groups is 1. The van der Waals surface area contributed by atoms with Crippen LogP contribution in [0.3, 0.4) is 0 Å². The average Bonchev–Trinajstić information content (AvgIpc) is 3.11. The van der Waals surface area contributed by atoms with Crippen LogP contribution in [0.5, 0.6) is 0 Å². The lowest BCUT2D eigenvalue weighted by Gasteiger charge is -2.02. The molecule has 6 nitrogen and oxygen atoms in total. The average molecular weight is 385 g/mol. The first-order valence-electron chi connectivity index (χ1n) is 7.80. The van der Waals surface area contributed by atoms with Crippen LogP contribution in [-0.2, 0) is 4.79 Å². The Kier molecular flexibility index (Phi) is 5.98. The van der Waals surface area contributed by atoms with Gasteiger partial charge in [-0.2, -0.15) is 0 Å². The number of nitro benzene ring substituents is 1. The number of carbonyl (C=O) groups is 1. The Labute approximate surface area is 158 Å². The molecule has 0 radical (unpaired) electrons. The lowest BCUT2D eigenvalue weighted by molar-refractivity contribution is -0.384. The first kappa shape index (κ1) is 18.1. The maximum absolute atomic E-state index is 12.0. The molecule has 0 unspecified atom stereocenters. The van der Waals surface area contributed by atoms with E-state index in [4.69, 9.17) is 0 Å². The van der Waals surface area contributed by atoms with Crippen LogP contribution < -0.4 is 5.32 Å². The minimum atomic E-state index is -0.441. The summed E-state index contributed by atoms with van der Waals surface area (Å²) in [5.74, 6) is 0.606. The molecule has 0 bridgehead atoms. The van der Waals surface area contributed by atoms with Crippen LogP contribution >= 0.6 is 23.1 Å². The predicted octanol–water partition coefficient (Wildman–Crippen LogP) is 4.84. The molecule has 1 aromatic heterocycles. The number of carbonyl (C=O) groups excluding carboxylic acids is 1. The fourth-order valence-electron chi connectivity index (χ4n) is 2.18. The van der Waals surface area contributed by atoms with Gasteiger partial charge in [-0.1, -0.05) is 18.2 Å². The number of nitrogens with zero attached hydrogens (tertiary/aromatic N) is 2. The zero-order valence-corrected chi connectivity index (χ0v) is 15.3. The van der Waals surface area contributed by atoms with Gasteiger partial charge >= 0.3 is 0 Å². The highest BCUT2D eigenvalue weighted by Gasteiger charge is 2.10. The monoisotopic (exact) mass is 385 g/mol. The van der Waals surface area contributed by atoms with Gasteiger partial charge in [0.25, 0.3) is 5.69 Å². The lowest BCUT2D eigenvalue weighted by Crippen LogP contribution is -2.11. The van der Waals surface area contributed by atoms with Crippen LogP contribution in [0.4, 0.5) is 10.8 Å². The van der Waals surface area contributed by atoms with E-state index in [1.807, 2.05) is 35.7 Å². The van der Waals surface area contributed by atoms with Crippen LogP contribution in [-0.4, -0.2) is 21.6 Å². The van der Waals surface area contributed by atoms with Gasteiger partial charge in [0, 0.05) is 40.1 Å². The summed E-state index contributed by atoms with van der Waals surface area (Å²) in [4.78, 5) is 27.8. The van der Waals surface area contributed by atoms with Gasteiger partial charge in [-0.05, 0) is 24.3 Å². The molecule has 0 spiro atoms. The Bertz CT molecular complexity index is 896. The van der Waals surface area contributed by atoms with E-state index in [1.54, 1.807) is 23.9 Å². The quantitative estimate of drug-likeness (QED) is 0.357. The van der Waals surface area contributed by atoms with Gasteiger partial charge in [-0.25, -0.2) is 4.98 Å². The van der Waals surface area contributed by atoms with Crippen molar-refractivity contribution >= 4 is 39.8 Å². The van der Waals surface area contributed by atoms with E-state index in [2.05, 4.69) is 10.3 Å². The second-order valence-electron chi connectivity index (χ2n) is 5.30. The summed E-state index contributed by atoms with van der Waals surface area (Å²) in [6, 6.07) is 16.1. The highest BCUT2D eigenvalue weighted by atomic mass is 32.2. The maximum atomic E-state index is 12.0. The SMILES string of the molecule is O=C(CCSc1ccccc1)Nc1nc(-c2ccc([N+](=O)[O-])cc2)cs1. The highest BCUT2D eigenvalue weighted by Crippen LogP contribution is 2.26. The molecule has 3 aromatic rings. The fourth-order valence-corrected chi connectivity index (χ4v) is 3.79. The van der Waals surface area contributed by atoms with Crippen LogP contribution in [0.2, 0.25) is 0 Å². The molecule has 1 N–H and O–H groups in total. The van der Waals surface area contributed by atoms with Gasteiger partial charge in [-0.15, -0.1) is 23.1 Å². The van der Waals surface area contributed by atoms with Crippen molar-refractivity contribution in [2.45, 2.75) is 11.3 Å². The number of benzene rings is 2. The number of anilines is 1. The smallest absolute Gasteiger partial charge is 0.269 e. The first-order chi connectivity index (χ1) is 12.6. The lowest BCUT2D eigenvalue weighted by atomic mass is 10.1. The number of amides is 1.